The second-order valence-corrected chi connectivity index (χ2v) is 5.84. The molecule has 0 bridgehead atoms. The van der Waals surface area contributed by atoms with Gasteiger partial charge in [0.05, 0.1) is 37.3 Å². The summed E-state index contributed by atoms with van der Waals surface area (Å²) in [5.74, 6) is 0.411. The lowest BCUT2D eigenvalue weighted by atomic mass is 10.1. The van der Waals surface area contributed by atoms with Crippen molar-refractivity contribution in [3.8, 4) is 11.9 Å². The fourth-order valence-corrected chi connectivity index (χ4v) is 3.15. The van der Waals surface area contributed by atoms with Gasteiger partial charge in [0.15, 0.2) is 0 Å². The zero-order chi connectivity index (χ0) is 18.1. The second-order valence-electron chi connectivity index (χ2n) is 5.84. The van der Waals surface area contributed by atoms with Crippen molar-refractivity contribution in [2.75, 3.05) is 23.5 Å². The Labute approximate surface area is 150 Å². The zero-order valence-corrected chi connectivity index (χ0v) is 14.0. The normalized spacial score (nSPS) is 16.8. The van der Waals surface area contributed by atoms with Crippen LogP contribution in [0.4, 0.5) is 16.2 Å². The number of methoxy groups -OCH3 is 1. The van der Waals surface area contributed by atoms with Gasteiger partial charge < -0.3 is 4.74 Å². The quantitative estimate of drug-likeness (QED) is 0.729. The van der Waals surface area contributed by atoms with Gasteiger partial charge in [-0.05, 0) is 6.07 Å². The number of carbonyl (C=O) groups is 1. The molecule has 4 rings (SSSR count). The summed E-state index contributed by atoms with van der Waals surface area (Å²) in [6.45, 7) is 0.256. The number of rotatable bonds is 3. The van der Waals surface area contributed by atoms with E-state index in [1.165, 1.54) is 12.0 Å². The van der Waals surface area contributed by atoms with Gasteiger partial charge in [-0.25, -0.2) is 9.78 Å². The van der Waals surface area contributed by atoms with Crippen LogP contribution in [0.2, 0.25) is 0 Å². The largest absolute Gasteiger partial charge is 0.481 e. The lowest BCUT2D eigenvalue weighted by Gasteiger charge is -2.21. The van der Waals surface area contributed by atoms with Crippen LogP contribution in [0, 0.1) is 11.3 Å². The highest BCUT2D eigenvalue weighted by molar-refractivity contribution is 6.11. The van der Waals surface area contributed by atoms with Crippen LogP contribution in [0.1, 0.15) is 0 Å². The summed E-state index contributed by atoms with van der Waals surface area (Å²) in [6.07, 6.45) is 4.94. The van der Waals surface area contributed by atoms with Gasteiger partial charge in [0.25, 0.3) is 0 Å². The summed E-state index contributed by atoms with van der Waals surface area (Å²) in [5.41, 5.74) is 1.26. The second kappa shape index (κ2) is 6.33. The molecule has 0 aliphatic carbocycles. The molecular weight excluding hydrogens is 330 g/mol. The van der Waals surface area contributed by atoms with E-state index < -0.39 is 6.04 Å². The van der Waals surface area contributed by atoms with E-state index in [2.05, 4.69) is 16.0 Å². The number of pyridine rings is 2. The summed E-state index contributed by atoms with van der Waals surface area (Å²) in [5, 5.41) is 11.4. The molecule has 7 nitrogen and oxygen atoms in total. The van der Waals surface area contributed by atoms with Crippen molar-refractivity contribution in [1.82, 2.24) is 9.97 Å². The molecule has 0 spiro atoms. The maximum Gasteiger partial charge on any atom is 0.330 e. The number of aromatic nitrogens is 2. The molecule has 1 aliphatic rings. The van der Waals surface area contributed by atoms with Crippen LogP contribution < -0.4 is 14.5 Å². The molecule has 1 atom stereocenters. The molecule has 1 fully saturated rings. The summed E-state index contributed by atoms with van der Waals surface area (Å²) in [7, 11) is 1.52. The number of amides is 2. The van der Waals surface area contributed by atoms with Crippen LogP contribution in [0.15, 0.2) is 55.0 Å². The number of fused-ring (bicyclic) bond motifs is 1. The van der Waals surface area contributed by atoms with Gasteiger partial charge in [0.1, 0.15) is 6.04 Å². The molecule has 3 heterocycles. The number of anilines is 2. The van der Waals surface area contributed by atoms with Gasteiger partial charge in [-0.1, -0.05) is 24.3 Å². The predicted molar refractivity (Wildman–Crippen MR) is 97.2 cm³/mol. The molecule has 0 radical (unpaired) electrons. The Bertz CT molecular complexity index is 1020. The number of benzene rings is 1. The third kappa shape index (κ3) is 2.48. The predicted octanol–water partition coefficient (Wildman–Crippen LogP) is 2.98. The van der Waals surface area contributed by atoms with Crippen LogP contribution in [0.5, 0.6) is 5.88 Å². The summed E-state index contributed by atoms with van der Waals surface area (Å²) >= 11 is 0. The van der Waals surface area contributed by atoms with Gasteiger partial charge >= 0.3 is 6.03 Å². The smallest absolute Gasteiger partial charge is 0.330 e. The molecule has 2 aromatic heterocycles. The topological polar surface area (TPSA) is 82.4 Å². The molecule has 1 aromatic carbocycles. The minimum atomic E-state index is -0.616. The highest BCUT2D eigenvalue weighted by Gasteiger charge is 2.40. The first-order chi connectivity index (χ1) is 12.7. The number of ether oxygens (including phenoxy) is 1. The van der Waals surface area contributed by atoms with Crippen molar-refractivity contribution in [1.29, 1.82) is 5.26 Å². The number of carbonyl (C=O) groups excluding carboxylic acids is 1. The minimum absolute atomic E-state index is 0.256. The number of nitriles is 1. The standard InChI is InChI=1S/C19H15N5O2/c1-26-18-8-14(6-7-22-18)23-12-15(9-20)24(19(23)25)17-11-21-10-13-4-2-3-5-16(13)17/h2-8,10-11,15H,12H2,1H3. The first-order valence-electron chi connectivity index (χ1n) is 8.06. The number of hydrogen-bond donors (Lipinski definition) is 0. The van der Waals surface area contributed by atoms with Crippen LogP contribution in [-0.4, -0.2) is 35.7 Å². The SMILES string of the molecule is COc1cc(N2CC(C#N)N(c3cncc4ccccc34)C2=O)ccn1. The Morgan fingerprint density at radius 3 is 2.92 bits per heavy atom. The van der Waals surface area contributed by atoms with E-state index in [-0.39, 0.29) is 12.6 Å². The fourth-order valence-electron chi connectivity index (χ4n) is 3.15. The Balaban J connectivity index is 1.79. The maximum absolute atomic E-state index is 13.1. The van der Waals surface area contributed by atoms with E-state index >= 15 is 0 Å². The molecule has 1 unspecified atom stereocenters. The summed E-state index contributed by atoms with van der Waals surface area (Å²) < 4.78 is 5.13. The Morgan fingerprint density at radius 2 is 2.12 bits per heavy atom. The maximum atomic E-state index is 13.1. The average molecular weight is 345 g/mol. The van der Waals surface area contributed by atoms with Gasteiger partial charge in [-0.2, -0.15) is 5.26 Å². The van der Waals surface area contributed by atoms with E-state index in [0.717, 1.165) is 10.8 Å². The molecule has 7 heteroatoms. The first kappa shape index (κ1) is 15.8. The number of nitrogens with zero attached hydrogens (tertiary/aromatic N) is 5. The monoisotopic (exact) mass is 345 g/mol. The van der Waals surface area contributed by atoms with Crippen LogP contribution in [0.25, 0.3) is 10.8 Å². The summed E-state index contributed by atoms with van der Waals surface area (Å²) in [6, 6.07) is 12.4. The molecule has 26 heavy (non-hydrogen) atoms. The third-order valence-corrected chi connectivity index (χ3v) is 4.40. The van der Waals surface area contributed by atoms with E-state index in [1.807, 2.05) is 24.3 Å². The van der Waals surface area contributed by atoms with E-state index in [4.69, 9.17) is 4.74 Å². The average Bonchev–Trinajstić information content (AvgIpc) is 3.03. The van der Waals surface area contributed by atoms with Crippen molar-refractivity contribution in [3.63, 3.8) is 0 Å². The Hall–Kier alpha value is -3.66. The number of urea groups is 1. The molecule has 0 saturated carbocycles. The first-order valence-corrected chi connectivity index (χ1v) is 8.06. The van der Waals surface area contributed by atoms with Crippen molar-refractivity contribution in [2.24, 2.45) is 0 Å². The molecule has 0 N–H and O–H groups in total. The van der Waals surface area contributed by atoms with Crippen molar-refractivity contribution < 1.29 is 9.53 Å². The lowest BCUT2D eigenvalue weighted by Crippen LogP contribution is -2.34. The van der Waals surface area contributed by atoms with Crippen LogP contribution in [0.3, 0.4) is 0 Å². The third-order valence-electron chi connectivity index (χ3n) is 4.40. The van der Waals surface area contributed by atoms with Gasteiger partial charge in [0, 0.05) is 29.2 Å². The van der Waals surface area contributed by atoms with Crippen LogP contribution in [-0.2, 0) is 0 Å². The van der Waals surface area contributed by atoms with E-state index in [0.29, 0.717) is 17.3 Å². The van der Waals surface area contributed by atoms with Gasteiger partial charge in [-0.15, -0.1) is 0 Å². The molecule has 2 amide bonds. The highest BCUT2D eigenvalue weighted by Crippen LogP contribution is 2.33. The molecule has 1 aliphatic heterocycles. The Kier molecular flexibility index (Phi) is 3.86. The van der Waals surface area contributed by atoms with Crippen molar-refractivity contribution in [2.45, 2.75) is 6.04 Å². The summed E-state index contributed by atoms with van der Waals surface area (Å²) in [4.78, 5) is 24.5. The Morgan fingerprint density at radius 1 is 1.27 bits per heavy atom. The molecule has 1 saturated heterocycles. The van der Waals surface area contributed by atoms with Crippen molar-refractivity contribution >= 4 is 28.2 Å². The molecule has 128 valence electrons. The molecular formula is C19H15N5O2. The fraction of sp³-hybridized carbons (Fsp3) is 0.158. The lowest BCUT2D eigenvalue weighted by molar-refractivity contribution is 0.255. The van der Waals surface area contributed by atoms with Crippen molar-refractivity contribution in [3.05, 3.63) is 55.0 Å². The minimum Gasteiger partial charge on any atom is -0.481 e. The molecule has 3 aromatic rings. The zero-order valence-electron chi connectivity index (χ0n) is 14.0. The van der Waals surface area contributed by atoms with E-state index in [1.54, 1.807) is 35.6 Å². The van der Waals surface area contributed by atoms with Gasteiger partial charge in [0.2, 0.25) is 5.88 Å². The van der Waals surface area contributed by atoms with Gasteiger partial charge in [-0.3, -0.25) is 14.8 Å². The highest BCUT2D eigenvalue weighted by atomic mass is 16.5. The number of hydrogen-bond acceptors (Lipinski definition) is 5. The van der Waals surface area contributed by atoms with E-state index in [9.17, 15) is 10.1 Å². The van der Waals surface area contributed by atoms with Crippen LogP contribution >= 0.6 is 0 Å².